The first-order valence-electron chi connectivity index (χ1n) is 21.3. The maximum atomic E-state index is 14.1. The third-order valence-electron chi connectivity index (χ3n) is 17.2. The smallest absolute Gasteiger partial charge is 0.309 e. The molecule has 6 aliphatic carbocycles. The molecular weight excluding hydrogens is 657 g/mol. The van der Waals surface area contributed by atoms with Crippen molar-refractivity contribution in [2.24, 2.45) is 56.7 Å². The van der Waals surface area contributed by atoms with Crippen LogP contribution in [0.2, 0.25) is 18.1 Å². The zero-order chi connectivity index (χ0) is 38.7. The van der Waals surface area contributed by atoms with E-state index in [9.17, 15) is 9.59 Å². The topological polar surface area (TPSA) is 52.6 Å². The van der Waals surface area contributed by atoms with Crippen LogP contribution in [0.1, 0.15) is 161 Å². The normalized spacial score (nSPS) is 39.3. The van der Waals surface area contributed by atoms with Crippen LogP contribution in [-0.2, 0) is 18.8 Å². The second-order valence-electron chi connectivity index (χ2n) is 22.8. The maximum Gasteiger partial charge on any atom is 0.309 e. The number of carbonyl (C=O) groups is 2. The molecule has 0 aliphatic heterocycles. The minimum atomic E-state index is -1.97. The van der Waals surface area contributed by atoms with Crippen molar-refractivity contribution in [3.63, 3.8) is 0 Å². The summed E-state index contributed by atoms with van der Waals surface area (Å²) in [6, 6.07) is 0. The zero-order valence-electron chi connectivity index (χ0n) is 36.2. The molecule has 0 aromatic heterocycles. The van der Waals surface area contributed by atoms with E-state index in [-0.39, 0.29) is 49.9 Å². The van der Waals surface area contributed by atoms with Gasteiger partial charge in [-0.1, -0.05) is 87.0 Å². The van der Waals surface area contributed by atoms with Gasteiger partial charge in [0.15, 0.2) is 14.1 Å². The number of ether oxygens (including phenoxy) is 1. The lowest BCUT2D eigenvalue weighted by Crippen LogP contribution is -2.64. The molecule has 0 saturated heterocycles. The average Bonchev–Trinajstić information content (AvgIpc) is 3.31. The summed E-state index contributed by atoms with van der Waals surface area (Å²) in [5.74, 6) is 2.35. The Labute approximate surface area is 319 Å². The number of hydrogen-bond donors (Lipinski definition) is 0. The van der Waals surface area contributed by atoms with Crippen LogP contribution in [0, 0.1) is 56.7 Å². The molecule has 3 fully saturated rings. The molecule has 0 aromatic carbocycles. The Balaban J connectivity index is 1.30. The number of allylic oxidation sites excluding steroid dienone is 5. The number of esters is 1. The number of carbonyl (C=O) groups excluding carboxylic acids is 2. The van der Waals surface area contributed by atoms with Gasteiger partial charge in [0.05, 0.1) is 5.92 Å². The minimum Gasteiger partial charge on any atom is -0.460 e. The lowest BCUT2D eigenvalue weighted by molar-refractivity contribution is -0.199. The van der Waals surface area contributed by atoms with Crippen molar-refractivity contribution < 1.29 is 18.8 Å². The van der Waals surface area contributed by atoms with E-state index in [2.05, 4.69) is 94.5 Å². The van der Waals surface area contributed by atoms with Crippen LogP contribution < -0.4 is 0 Å². The number of hydrogen-bond acceptors (Lipinski definition) is 4. The van der Waals surface area contributed by atoms with Crippen molar-refractivity contribution >= 4 is 20.1 Å². The van der Waals surface area contributed by atoms with Crippen LogP contribution in [0.3, 0.4) is 0 Å². The second kappa shape index (κ2) is 12.8. The highest BCUT2D eigenvalue weighted by Crippen LogP contribution is 2.77. The Morgan fingerprint density at radius 3 is 2.13 bits per heavy atom. The van der Waals surface area contributed by atoms with Crippen LogP contribution >= 0.6 is 0 Å². The fourth-order valence-corrected chi connectivity index (χ4v) is 14.3. The van der Waals surface area contributed by atoms with Crippen molar-refractivity contribution in [1.82, 2.24) is 0 Å². The fourth-order valence-electron chi connectivity index (χ4n) is 13.3. The van der Waals surface area contributed by atoms with Gasteiger partial charge in [-0.3, -0.25) is 9.59 Å². The molecular formula is C47H76O4Si. The number of fused-ring (bicyclic) bond motifs is 7. The quantitative estimate of drug-likeness (QED) is 0.202. The molecule has 0 N–H and O–H groups in total. The van der Waals surface area contributed by atoms with E-state index < -0.39 is 13.9 Å². The number of rotatable bonds is 6. The van der Waals surface area contributed by atoms with E-state index in [0.717, 1.165) is 38.7 Å². The van der Waals surface area contributed by atoms with Crippen molar-refractivity contribution in [3.8, 4) is 0 Å². The summed E-state index contributed by atoms with van der Waals surface area (Å²) >= 11 is 0. The van der Waals surface area contributed by atoms with Crippen LogP contribution in [-0.4, -0.2) is 32.3 Å². The second-order valence-corrected chi connectivity index (χ2v) is 27.6. The van der Waals surface area contributed by atoms with Crippen molar-refractivity contribution in [2.75, 3.05) is 6.61 Å². The van der Waals surface area contributed by atoms with Crippen molar-refractivity contribution in [3.05, 3.63) is 34.4 Å². The van der Waals surface area contributed by atoms with Gasteiger partial charge in [-0.2, -0.15) is 0 Å². The molecule has 8 atom stereocenters. The first-order chi connectivity index (χ1) is 23.7. The largest absolute Gasteiger partial charge is 0.460 e. The van der Waals surface area contributed by atoms with Crippen molar-refractivity contribution in [2.45, 2.75) is 184 Å². The Bertz CT molecular complexity index is 1560. The monoisotopic (exact) mass is 733 g/mol. The van der Waals surface area contributed by atoms with E-state index in [4.69, 9.17) is 9.16 Å². The molecule has 3 saturated carbocycles. The predicted octanol–water partition coefficient (Wildman–Crippen LogP) is 12.6. The molecule has 0 heterocycles. The first-order valence-corrected chi connectivity index (χ1v) is 24.2. The molecule has 0 aromatic rings. The zero-order valence-corrected chi connectivity index (χ0v) is 37.2. The molecule has 0 radical (unpaired) electrons. The van der Waals surface area contributed by atoms with Gasteiger partial charge in [0.25, 0.3) is 0 Å². The Morgan fingerprint density at radius 1 is 0.885 bits per heavy atom. The summed E-state index contributed by atoms with van der Waals surface area (Å²) in [7, 11) is -1.97. The maximum absolute atomic E-state index is 14.1. The van der Waals surface area contributed by atoms with Gasteiger partial charge in [-0.15, -0.1) is 0 Å². The van der Waals surface area contributed by atoms with Gasteiger partial charge in [-0.25, -0.2) is 0 Å². The summed E-state index contributed by atoms with van der Waals surface area (Å²) in [5, 5.41) is 0.151. The summed E-state index contributed by atoms with van der Waals surface area (Å²) in [6.45, 7) is 36.0. The van der Waals surface area contributed by atoms with Crippen LogP contribution in [0.4, 0.5) is 0 Å². The Kier molecular flexibility index (Phi) is 9.89. The van der Waals surface area contributed by atoms with Gasteiger partial charge in [0.2, 0.25) is 0 Å². The van der Waals surface area contributed by atoms with Crippen molar-refractivity contribution in [1.29, 1.82) is 0 Å². The lowest BCUT2D eigenvalue weighted by atomic mass is 9.33. The summed E-state index contributed by atoms with van der Waals surface area (Å²) in [4.78, 5) is 27.0. The SMILES string of the molecule is CC(C)C1=C2[C@H]3CC[C@@H]4[C@@]5(C)CC=C(C6=CCC(C(=O)OC(C)(C)C)CC6)C(C)(C)[C@@H]5CC[C@@]4(C)[C@]3(C)CC[C@@]2(CO[Si](C)(C)C(C)(C)C)CC1=O. The average molecular weight is 733 g/mol. The fraction of sp³-hybridized carbons (Fsp3) is 0.830. The highest BCUT2D eigenvalue weighted by molar-refractivity contribution is 6.74. The molecule has 0 spiro atoms. The molecule has 0 amide bonds. The minimum absolute atomic E-state index is 0.0267. The molecule has 52 heavy (non-hydrogen) atoms. The molecule has 0 bridgehead atoms. The third-order valence-corrected chi connectivity index (χ3v) is 21.6. The van der Waals surface area contributed by atoms with Gasteiger partial charge >= 0.3 is 5.97 Å². The van der Waals surface area contributed by atoms with E-state index in [1.165, 1.54) is 43.3 Å². The molecule has 4 nitrogen and oxygen atoms in total. The van der Waals surface area contributed by atoms with Gasteiger partial charge in [0, 0.05) is 18.4 Å². The molecule has 1 unspecified atom stereocenters. The predicted molar refractivity (Wildman–Crippen MR) is 217 cm³/mol. The molecule has 6 rings (SSSR count). The number of Topliss-reactive ketones (excluding diaryl/α,β-unsaturated/α-hetero) is 1. The van der Waals surface area contributed by atoms with E-state index in [1.54, 1.807) is 11.1 Å². The molecule has 5 heteroatoms. The van der Waals surface area contributed by atoms with Crippen LogP contribution in [0.5, 0.6) is 0 Å². The third kappa shape index (κ3) is 6.15. The van der Waals surface area contributed by atoms with E-state index in [0.29, 0.717) is 30.0 Å². The Morgan fingerprint density at radius 2 is 1.56 bits per heavy atom. The highest BCUT2D eigenvalue weighted by Gasteiger charge is 2.69. The van der Waals surface area contributed by atoms with Gasteiger partial charge in [-0.05, 0) is 165 Å². The lowest BCUT2D eigenvalue weighted by Gasteiger charge is -2.71. The summed E-state index contributed by atoms with van der Waals surface area (Å²) in [5.41, 5.74) is 5.92. The van der Waals surface area contributed by atoms with Crippen LogP contribution in [0.25, 0.3) is 0 Å². The Hall–Kier alpha value is -1.46. The standard InChI is InChI=1S/C47H76O4Si/c1-30(2)38-35(48)28-47(29-50-52(14,15)42(6,7)8)27-26-45(12)34(39(38)47)20-21-37-44(11)24-22-33(43(9,10)36(44)23-25-46(37,45)13)31-16-18-32(19-17-31)40(49)51-41(3,4)5/h16,22,30,32,34,36-37H,17-21,23-29H2,1-15H3/t32?,34-,36+,37-,44+,45-,46-,47+/m1/s1. The highest BCUT2D eigenvalue weighted by atomic mass is 28.4. The summed E-state index contributed by atoms with van der Waals surface area (Å²) in [6.07, 6.45) is 16.8. The summed E-state index contributed by atoms with van der Waals surface area (Å²) < 4.78 is 12.9. The first kappa shape index (κ1) is 40.2. The van der Waals surface area contributed by atoms with Gasteiger partial charge < -0.3 is 9.16 Å². The van der Waals surface area contributed by atoms with E-state index in [1.807, 2.05) is 20.8 Å². The van der Waals surface area contributed by atoms with Gasteiger partial charge in [0.1, 0.15) is 5.60 Å². The number of ketones is 1. The molecule has 6 aliphatic rings. The van der Waals surface area contributed by atoms with Crippen LogP contribution in [0.15, 0.2) is 34.4 Å². The van der Waals surface area contributed by atoms with E-state index >= 15 is 0 Å². The molecule has 292 valence electrons.